The number of carbonyl (C=O) groups excluding carboxylic acids is 2. The summed E-state index contributed by atoms with van der Waals surface area (Å²) < 4.78 is 10.7. The van der Waals surface area contributed by atoms with Crippen LogP contribution in [0.25, 0.3) is 0 Å². The van der Waals surface area contributed by atoms with Gasteiger partial charge >= 0.3 is 5.91 Å². The first kappa shape index (κ1) is 18.8. The lowest BCUT2D eigenvalue weighted by Crippen LogP contribution is -2.41. The molecule has 0 atom stereocenters. The van der Waals surface area contributed by atoms with E-state index in [1.165, 1.54) is 12.3 Å². The molecule has 0 bridgehead atoms. The normalized spacial score (nSPS) is 10.3. The minimum absolute atomic E-state index is 0.0808. The quantitative estimate of drug-likeness (QED) is 0.623. The van der Waals surface area contributed by atoms with E-state index in [9.17, 15) is 9.59 Å². The minimum Gasteiger partial charge on any atom is -0.488 e. The van der Waals surface area contributed by atoms with Gasteiger partial charge in [0.25, 0.3) is 5.91 Å². The molecular weight excluding hydrogens is 391 g/mol. The Bertz CT molecular complexity index is 958. The fourth-order valence-electron chi connectivity index (χ4n) is 2.22. The van der Waals surface area contributed by atoms with E-state index in [-0.39, 0.29) is 17.9 Å². The Labute approximate surface area is 165 Å². The van der Waals surface area contributed by atoms with Crippen LogP contribution in [0.1, 0.15) is 26.5 Å². The lowest BCUT2D eigenvalue weighted by molar-refractivity contribution is 0.0828. The number of ether oxygens (including phenoxy) is 1. The number of rotatable bonds is 5. The molecule has 27 heavy (non-hydrogen) atoms. The summed E-state index contributed by atoms with van der Waals surface area (Å²) in [6.45, 7) is 0.152. The number of amides is 2. The molecule has 0 radical (unpaired) electrons. The Morgan fingerprint density at radius 1 is 0.963 bits per heavy atom. The topological polar surface area (TPSA) is 80.6 Å². The second-order valence-corrected chi connectivity index (χ2v) is 6.25. The van der Waals surface area contributed by atoms with E-state index >= 15 is 0 Å². The molecule has 0 saturated carbocycles. The van der Waals surface area contributed by atoms with E-state index in [1.54, 1.807) is 48.5 Å². The first-order valence-corrected chi connectivity index (χ1v) is 8.60. The minimum atomic E-state index is -0.570. The predicted molar refractivity (Wildman–Crippen MR) is 101 cm³/mol. The van der Waals surface area contributed by atoms with Gasteiger partial charge in [0.2, 0.25) is 0 Å². The third kappa shape index (κ3) is 4.81. The van der Waals surface area contributed by atoms with E-state index in [1.807, 2.05) is 0 Å². The van der Waals surface area contributed by atoms with Crippen molar-refractivity contribution < 1.29 is 18.7 Å². The Morgan fingerprint density at radius 3 is 2.48 bits per heavy atom. The van der Waals surface area contributed by atoms with Crippen LogP contribution in [0.2, 0.25) is 10.0 Å². The van der Waals surface area contributed by atoms with E-state index < -0.39 is 11.8 Å². The summed E-state index contributed by atoms with van der Waals surface area (Å²) in [5, 5.41) is 0.992. The van der Waals surface area contributed by atoms with Crippen molar-refractivity contribution in [2.45, 2.75) is 6.61 Å². The zero-order valence-electron chi connectivity index (χ0n) is 13.9. The summed E-state index contributed by atoms with van der Waals surface area (Å²) in [7, 11) is 0. The van der Waals surface area contributed by atoms with Gasteiger partial charge in [0.15, 0.2) is 5.76 Å². The monoisotopic (exact) mass is 404 g/mol. The van der Waals surface area contributed by atoms with E-state index in [4.69, 9.17) is 32.4 Å². The van der Waals surface area contributed by atoms with Crippen molar-refractivity contribution in [3.63, 3.8) is 0 Å². The van der Waals surface area contributed by atoms with Crippen molar-refractivity contribution >= 4 is 35.0 Å². The zero-order valence-corrected chi connectivity index (χ0v) is 15.4. The molecule has 0 fully saturated rings. The number of carbonyl (C=O) groups is 2. The Balaban J connectivity index is 1.66. The maximum atomic E-state index is 12.4. The largest absolute Gasteiger partial charge is 0.488 e. The van der Waals surface area contributed by atoms with Gasteiger partial charge in [-0.1, -0.05) is 41.4 Å². The van der Waals surface area contributed by atoms with E-state index in [0.717, 1.165) is 5.56 Å². The molecule has 1 heterocycles. The van der Waals surface area contributed by atoms with Crippen LogP contribution in [0.15, 0.2) is 65.3 Å². The van der Waals surface area contributed by atoms with Crippen molar-refractivity contribution in [2.24, 2.45) is 0 Å². The molecule has 138 valence electrons. The van der Waals surface area contributed by atoms with Crippen LogP contribution in [-0.4, -0.2) is 11.8 Å². The van der Waals surface area contributed by atoms with Crippen LogP contribution in [0.5, 0.6) is 5.75 Å². The molecule has 1 aromatic heterocycles. The van der Waals surface area contributed by atoms with Gasteiger partial charge in [-0.25, -0.2) is 0 Å². The number of hydrogen-bond acceptors (Lipinski definition) is 4. The fourth-order valence-corrected chi connectivity index (χ4v) is 2.69. The van der Waals surface area contributed by atoms with E-state index in [2.05, 4.69) is 10.9 Å². The maximum absolute atomic E-state index is 12.4. The molecule has 3 aromatic rings. The lowest BCUT2D eigenvalue weighted by atomic mass is 10.2. The zero-order chi connectivity index (χ0) is 19.2. The summed E-state index contributed by atoms with van der Waals surface area (Å²) in [4.78, 5) is 24.2. The van der Waals surface area contributed by atoms with Crippen molar-refractivity contribution in [1.29, 1.82) is 0 Å². The summed E-state index contributed by atoms with van der Waals surface area (Å²) >= 11 is 12.0. The second kappa shape index (κ2) is 8.62. The molecule has 0 unspecified atom stereocenters. The van der Waals surface area contributed by atoms with Crippen LogP contribution < -0.4 is 15.6 Å². The summed E-state index contributed by atoms with van der Waals surface area (Å²) in [5.41, 5.74) is 5.58. The molecule has 8 heteroatoms. The van der Waals surface area contributed by atoms with Gasteiger partial charge in [0, 0.05) is 15.6 Å². The first-order chi connectivity index (χ1) is 13.0. The SMILES string of the molecule is O=C(NNC(=O)c1ccccc1OCc1ccc(Cl)cc1Cl)c1ccco1. The van der Waals surface area contributed by atoms with Crippen LogP contribution in [0, 0.1) is 0 Å². The van der Waals surface area contributed by atoms with Crippen LogP contribution >= 0.6 is 23.2 Å². The Hall–Kier alpha value is -2.96. The summed E-state index contributed by atoms with van der Waals surface area (Å²) in [6, 6.07) is 14.8. The standard InChI is InChI=1S/C19H14Cl2N2O4/c20-13-8-7-12(15(21)10-13)11-27-16-5-2-1-4-14(16)18(24)22-23-19(25)17-6-3-9-26-17/h1-10H,11H2,(H,22,24)(H,23,25). The van der Waals surface area contributed by atoms with Gasteiger partial charge in [-0.2, -0.15) is 0 Å². The fraction of sp³-hybridized carbons (Fsp3) is 0.0526. The van der Waals surface area contributed by atoms with Gasteiger partial charge < -0.3 is 9.15 Å². The Kier molecular flexibility index (Phi) is 6.01. The highest BCUT2D eigenvalue weighted by Gasteiger charge is 2.15. The predicted octanol–water partition coefficient (Wildman–Crippen LogP) is 4.24. The van der Waals surface area contributed by atoms with Crippen LogP contribution in [-0.2, 0) is 6.61 Å². The van der Waals surface area contributed by atoms with Crippen molar-refractivity contribution in [3.8, 4) is 5.75 Å². The molecule has 2 amide bonds. The number of hydrogen-bond donors (Lipinski definition) is 2. The highest BCUT2D eigenvalue weighted by Crippen LogP contribution is 2.24. The molecule has 6 nitrogen and oxygen atoms in total. The maximum Gasteiger partial charge on any atom is 0.305 e. The van der Waals surface area contributed by atoms with Gasteiger partial charge in [0.1, 0.15) is 12.4 Å². The number of hydrazine groups is 1. The average Bonchev–Trinajstić information content (AvgIpc) is 3.20. The highest BCUT2D eigenvalue weighted by atomic mass is 35.5. The molecule has 0 aliphatic rings. The average molecular weight is 405 g/mol. The van der Waals surface area contributed by atoms with Gasteiger partial charge in [0.05, 0.1) is 11.8 Å². The molecule has 2 aromatic carbocycles. The molecule has 0 aliphatic carbocycles. The van der Waals surface area contributed by atoms with Crippen molar-refractivity contribution in [3.05, 3.63) is 87.8 Å². The number of halogens is 2. The molecule has 3 rings (SSSR count). The third-order valence-electron chi connectivity index (χ3n) is 3.56. The van der Waals surface area contributed by atoms with Crippen molar-refractivity contribution in [1.82, 2.24) is 10.9 Å². The van der Waals surface area contributed by atoms with E-state index in [0.29, 0.717) is 15.8 Å². The number of nitrogens with one attached hydrogen (secondary N) is 2. The third-order valence-corrected chi connectivity index (χ3v) is 4.15. The smallest absolute Gasteiger partial charge is 0.305 e. The number of para-hydroxylation sites is 1. The second-order valence-electron chi connectivity index (χ2n) is 5.41. The van der Waals surface area contributed by atoms with Crippen molar-refractivity contribution in [2.75, 3.05) is 0 Å². The number of benzene rings is 2. The van der Waals surface area contributed by atoms with Crippen LogP contribution in [0.3, 0.4) is 0 Å². The molecule has 0 saturated heterocycles. The van der Waals surface area contributed by atoms with Gasteiger partial charge in [-0.15, -0.1) is 0 Å². The summed E-state index contributed by atoms with van der Waals surface area (Å²) in [6.07, 6.45) is 1.36. The van der Waals surface area contributed by atoms with Crippen LogP contribution in [0.4, 0.5) is 0 Å². The Morgan fingerprint density at radius 2 is 1.74 bits per heavy atom. The van der Waals surface area contributed by atoms with Gasteiger partial charge in [-0.05, 0) is 36.4 Å². The molecular formula is C19H14Cl2N2O4. The highest BCUT2D eigenvalue weighted by molar-refractivity contribution is 6.35. The first-order valence-electron chi connectivity index (χ1n) is 7.84. The molecule has 2 N–H and O–H groups in total. The lowest BCUT2D eigenvalue weighted by Gasteiger charge is -2.12. The molecule has 0 aliphatic heterocycles. The summed E-state index contributed by atoms with van der Waals surface area (Å²) in [5.74, 6) is -0.683. The number of furan rings is 1. The van der Waals surface area contributed by atoms with Gasteiger partial charge in [-0.3, -0.25) is 20.4 Å². The molecule has 0 spiro atoms.